The number of carbonyl (C=O) groups excluding carboxylic acids is 2. The van der Waals surface area contributed by atoms with Crippen LogP contribution in [0.1, 0.15) is 16.8 Å². The monoisotopic (exact) mass is 441 g/mol. The number of rotatable bonds is 2. The first-order chi connectivity index (χ1) is 10.9. The topological polar surface area (TPSA) is 74.7 Å². The number of carboxylic acid groups (broad SMARTS) is 1. The number of amides is 2. The molecule has 0 spiro atoms. The third-order valence-electron chi connectivity index (χ3n) is 5.34. The first kappa shape index (κ1) is 15.3. The molecular weight excluding hydrogens is 430 g/mol. The molecule has 3 aliphatic rings. The Bertz CT molecular complexity index is 705. The van der Waals surface area contributed by atoms with Crippen molar-refractivity contribution in [3.8, 4) is 0 Å². The van der Waals surface area contributed by atoms with E-state index < -0.39 is 5.97 Å². The Morgan fingerprint density at radius 1 is 1.09 bits per heavy atom. The highest BCUT2D eigenvalue weighted by atomic mass is 79.9. The molecule has 1 heterocycles. The quantitative estimate of drug-likeness (QED) is 0.564. The molecule has 2 amide bonds. The number of carboxylic acids is 1. The molecule has 2 saturated carbocycles. The standard InChI is InChI=1S/C16H13Br2NO4/c17-12-8-5-9(13(12)18)11-10(8)14(20)19(15(11)21)7-3-1-2-6(4-7)16(22)23/h1-4,8-13H,5H2,(H,22,23)/t8-,9-,10-,11+,12-,13+/m1/s1. The van der Waals surface area contributed by atoms with Gasteiger partial charge in [0.15, 0.2) is 0 Å². The molecule has 6 atom stereocenters. The zero-order valence-electron chi connectivity index (χ0n) is 11.9. The molecular formula is C16H13Br2NO4. The number of nitrogens with zero attached hydrogens (tertiary/aromatic N) is 1. The molecule has 1 aliphatic heterocycles. The summed E-state index contributed by atoms with van der Waals surface area (Å²) < 4.78 is 0. The summed E-state index contributed by atoms with van der Waals surface area (Å²) in [7, 11) is 0. The van der Waals surface area contributed by atoms with Crippen LogP contribution in [-0.4, -0.2) is 32.5 Å². The number of aromatic carboxylic acids is 1. The first-order valence-corrected chi connectivity index (χ1v) is 9.24. The zero-order valence-corrected chi connectivity index (χ0v) is 15.0. The third kappa shape index (κ3) is 1.99. The van der Waals surface area contributed by atoms with Gasteiger partial charge in [-0.1, -0.05) is 37.9 Å². The van der Waals surface area contributed by atoms with Crippen molar-refractivity contribution in [1.82, 2.24) is 0 Å². The predicted molar refractivity (Wildman–Crippen MR) is 89.9 cm³/mol. The van der Waals surface area contributed by atoms with Gasteiger partial charge in [0.2, 0.25) is 11.8 Å². The van der Waals surface area contributed by atoms with Gasteiger partial charge in [-0.15, -0.1) is 0 Å². The van der Waals surface area contributed by atoms with Gasteiger partial charge >= 0.3 is 5.97 Å². The second-order valence-electron chi connectivity index (χ2n) is 6.37. The average Bonchev–Trinajstić information content (AvgIpc) is 3.12. The van der Waals surface area contributed by atoms with Gasteiger partial charge in [-0.25, -0.2) is 4.79 Å². The summed E-state index contributed by atoms with van der Waals surface area (Å²) in [4.78, 5) is 38.4. The Kier molecular flexibility index (Phi) is 3.43. The van der Waals surface area contributed by atoms with Crippen molar-refractivity contribution in [2.75, 3.05) is 4.90 Å². The molecule has 0 aromatic heterocycles. The number of fused-ring (bicyclic) bond motifs is 5. The van der Waals surface area contributed by atoms with Crippen LogP contribution in [0, 0.1) is 23.7 Å². The van der Waals surface area contributed by atoms with Gasteiger partial charge in [-0.05, 0) is 36.5 Å². The number of anilines is 1. The maximum Gasteiger partial charge on any atom is 0.335 e. The summed E-state index contributed by atoms with van der Waals surface area (Å²) in [5, 5.41) is 9.11. The number of hydrogen-bond acceptors (Lipinski definition) is 3. The van der Waals surface area contributed by atoms with Gasteiger partial charge in [0.05, 0.1) is 23.1 Å². The van der Waals surface area contributed by atoms with E-state index >= 15 is 0 Å². The highest BCUT2D eigenvalue weighted by Crippen LogP contribution is 2.60. The minimum Gasteiger partial charge on any atom is -0.478 e. The van der Waals surface area contributed by atoms with Crippen LogP contribution < -0.4 is 4.90 Å². The van der Waals surface area contributed by atoms with Crippen LogP contribution >= 0.6 is 31.9 Å². The first-order valence-electron chi connectivity index (χ1n) is 7.41. The fourth-order valence-corrected chi connectivity index (χ4v) is 6.25. The molecule has 1 N–H and O–H groups in total. The van der Waals surface area contributed by atoms with E-state index in [4.69, 9.17) is 5.11 Å². The highest BCUT2D eigenvalue weighted by molar-refractivity contribution is 9.12. The van der Waals surface area contributed by atoms with Crippen molar-refractivity contribution in [3.05, 3.63) is 29.8 Å². The lowest BCUT2D eigenvalue weighted by Crippen LogP contribution is -2.37. The minimum atomic E-state index is -1.08. The SMILES string of the molecule is O=C(O)c1cccc(N2C(=O)[C@@H]3[C@H]4C[C@@H]([C@H](Br)[C@@H]4Br)[C@@H]3C2=O)c1. The molecule has 3 fully saturated rings. The molecule has 5 nitrogen and oxygen atoms in total. The minimum absolute atomic E-state index is 0.0693. The summed E-state index contributed by atoms with van der Waals surface area (Å²) in [5.41, 5.74) is 0.422. The number of alkyl halides is 2. The number of carbonyl (C=O) groups is 3. The normalized spacial score (nSPS) is 38.3. The molecule has 0 radical (unpaired) electrons. The highest BCUT2D eigenvalue weighted by Gasteiger charge is 2.66. The third-order valence-corrected chi connectivity index (χ3v) is 8.55. The fourth-order valence-electron chi connectivity index (χ4n) is 4.38. The number of imide groups is 1. The van der Waals surface area contributed by atoms with E-state index in [-0.39, 0.29) is 50.7 Å². The van der Waals surface area contributed by atoms with Gasteiger partial charge < -0.3 is 5.11 Å². The molecule has 0 unspecified atom stereocenters. The maximum absolute atomic E-state index is 12.8. The van der Waals surface area contributed by atoms with Crippen LogP contribution in [0.4, 0.5) is 5.69 Å². The second-order valence-corrected chi connectivity index (χ2v) is 8.49. The van der Waals surface area contributed by atoms with Gasteiger partial charge in [0.1, 0.15) is 0 Å². The van der Waals surface area contributed by atoms with E-state index in [1.54, 1.807) is 12.1 Å². The van der Waals surface area contributed by atoms with Crippen LogP contribution in [-0.2, 0) is 9.59 Å². The molecule has 1 aromatic rings. The molecule has 120 valence electrons. The van der Waals surface area contributed by atoms with Crippen LogP contribution in [0.15, 0.2) is 24.3 Å². The summed E-state index contributed by atoms with van der Waals surface area (Å²) in [5.74, 6) is -1.75. The van der Waals surface area contributed by atoms with Crippen LogP contribution in [0.3, 0.4) is 0 Å². The van der Waals surface area contributed by atoms with E-state index in [1.807, 2.05) is 0 Å². The van der Waals surface area contributed by atoms with Crippen molar-refractivity contribution >= 4 is 55.3 Å². The number of halogens is 2. The predicted octanol–water partition coefficient (Wildman–Crippen LogP) is 2.67. The Balaban J connectivity index is 1.73. The number of benzene rings is 1. The van der Waals surface area contributed by atoms with E-state index in [9.17, 15) is 14.4 Å². The van der Waals surface area contributed by atoms with Crippen LogP contribution in [0.25, 0.3) is 0 Å². The molecule has 7 heteroatoms. The molecule has 4 rings (SSSR count). The zero-order chi connectivity index (χ0) is 16.5. The van der Waals surface area contributed by atoms with Crippen molar-refractivity contribution in [1.29, 1.82) is 0 Å². The van der Waals surface area contributed by atoms with E-state index in [0.717, 1.165) is 6.42 Å². The number of hydrogen-bond donors (Lipinski definition) is 1. The molecule has 1 saturated heterocycles. The molecule has 23 heavy (non-hydrogen) atoms. The average molecular weight is 443 g/mol. The van der Waals surface area contributed by atoms with Gasteiger partial charge in [-0.3, -0.25) is 14.5 Å². The van der Waals surface area contributed by atoms with Crippen molar-refractivity contribution < 1.29 is 19.5 Å². The van der Waals surface area contributed by atoms with E-state index in [0.29, 0.717) is 5.69 Å². The van der Waals surface area contributed by atoms with E-state index in [1.165, 1.54) is 17.0 Å². The maximum atomic E-state index is 12.8. The van der Waals surface area contributed by atoms with Gasteiger partial charge in [-0.2, -0.15) is 0 Å². The van der Waals surface area contributed by atoms with E-state index in [2.05, 4.69) is 31.9 Å². The van der Waals surface area contributed by atoms with Gasteiger partial charge in [0.25, 0.3) is 0 Å². The lowest BCUT2D eigenvalue weighted by Gasteiger charge is -2.28. The summed E-state index contributed by atoms with van der Waals surface area (Å²) in [6.45, 7) is 0. The fraction of sp³-hybridized carbons (Fsp3) is 0.438. The summed E-state index contributed by atoms with van der Waals surface area (Å²) >= 11 is 7.29. The van der Waals surface area contributed by atoms with Crippen molar-refractivity contribution in [2.24, 2.45) is 23.7 Å². The second kappa shape index (κ2) is 5.14. The summed E-state index contributed by atoms with van der Waals surface area (Å²) in [6, 6.07) is 6.01. The summed E-state index contributed by atoms with van der Waals surface area (Å²) in [6.07, 6.45) is 0.877. The lowest BCUT2D eigenvalue weighted by molar-refractivity contribution is -0.123. The van der Waals surface area contributed by atoms with Crippen LogP contribution in [0.5, 0.6) is 0 Å². The Morgan fingerprint density at radius 2 is 1.65 bits per heavy atom. The van der Waals surface area contributed by atoms with Crippen LogP contribution in [0.2, 0.25) is 0 Å². The smallest absolute Gasteiger partial charge is 0.335 e. The van der Waals surface area contributed by atoms with Gasteiger partial charge in [0, 0.05) is 9.65 Å². The molecule has 1 aromatic carbocycles. The Labute approximate surface area is 149 Å². The Morgan fingerprint density at radius 3 is 2.17 bits per heavy atom. The van der Waals surface area contributed by atoms with Crippen molar-refractivity contribution in [2.45, 2.75) is 16.1 Å². The molecule has 2 bridgehead atoms. The lowest BCUT2D eigenvalue weighted by atomic mass is 9.81. The molecule has 2 aliphatic carbocycles. The van der Waals surface area contributed by atoms with Crippen molar-refractivity contribution in [3.63, 3.8) is 0 Å². The largest absolute Gasteiger partial charge is 0.478 e. The Hall–Kier alpha value is -1.21.